The molecule has 8 heteroatoms. The van der Waals surface area contributed by atoms with Crippen molar-refractivity contribution < 1.29 is 27.5 Å². The Kier molecular flexibility index (Phi) is 7.89. The molecule has 0 N–H and O–H groups in total. The minimum absolute atomic E-state index is 0.0326. The summed E-state index contributed by atoms with van der Waals surface area (Å²) in [6.07, 6.45) is -3.73. The van der Waals surface area contributed by atoms with Gasteiger partial charge in [0.25, 0.3) is 5.91 Å². The molecule has 140 valence electrons. The molecule has 0 saturated heterocycles. The fraction of sp³-hybridized carbons (Fsp3) is 0.529. The molecule has 0 aromatic heterocycles. The first kappa shape index (κ1) is 21.0. The van der Waals surface area contributed by atoms with Crippen molar-refractivity contribution in [2.75, 3.05) is 40.8 Å². The van der Waals surface area contributed by atoms with Gasteiger partial charge in [-0.05, 0) is 51.3 Å². The van der Waals surface area contributed by atoms with Gasteiger partial charge in [0.1, 0.15) is 0 Å². The van der Waals surface area contributed by atoms with Crippen molar-refractivity contribution in [3.05, 3.63) is 35.4 Å². The van der Waals surface area contributed by atoms with Gasteiger partial charge in [0.05, 0.1) is 19.1 Å². The van der Waals surface area contributed by atoms with Gasteiger partial charge in [-0.2, -0.15) is 13.2 Å². The van der Waals surface area contributed by atoms with Crippen LogP contribution in [0.25, 0.3) is 0 Å². The molecule has 0 radical (unpaired) electrons. The zero-order chi connectivity index (χ0) is 19.0. The first-order chi connectivity index (χ1) is 11.6. The third-order valence-corrected chi connectivity index (χ3v) is 3.59. The summed E-state index contributed by atoms with van der Waals surface area (Å²) in [6.45, 7) is 1.30. The van der Waals surface area contributed by atoms with Crippen LogP contribution in [0.5, 0.6) is 0 Å². The second-order valence-corrected chi connectivity index (χ2v) is 5.85. The van der Waals surface area contributed by atoms with Gasteiger partial charge in [-0.15, -0.1) is 0 Å². The summed E-state index contributed by atoms with van der Waals surface area (Å²) in [4.78, 5) is 27.3. The first-order valence-electron chi connectivity index (χ1n) is 7.83. The molecule has 5 nitrogen and oxygen atoms in total. The van der Waals surface area contributed by atoms with E-state index >= 15 is 0 Å². The van der Waals surface area contributed by atoms with E-state index in [1.165, 1.54) is 12.0 Å². The first-order valence-corrected chi connectivity index (χ1v) is 7.83. The largest absolute Gasteiger partial charge is 0.469 e. The molecule has 0 aliphatic rings. The van der Waals surface area contributed by atoms with Crippen LogP contribution < -0.4 is 0 Å². The van der Waals surface area contributed by atoms with Gasteiger partial charge in [-0.3, -0.25) is 9.59 Å². The number of rotatable bonds is 8. The molecule has 0 heterocycles. The fourth-order valence-corrected chi connectivity index (χ4v) is 2.21. The van der Waals surface area contributed by atoms with Crippen molar-refractivity contribution in [3.8, 4) is 0 Å². The number of benzene rings is 1. The number of hydrogen-bond donors (Lipinski definition) is 0. The fourth-order valence-electron chi connectivity index (χ4n) is 2.21. The zero-order valence-electron chi connectivity index (χ0n) is 14.6. The molecular formula is C17H23F3N2O3. The average molecular weight is 360 g/mol. The summed E-state index contributed by atoms with van der Waals surface area (Å²) in [7, 11) is 5.06. The number of esters is 1. The van der Waals surface area contributed by atoms with Crippen LogP contribution >= 0.6 is 0 Å². The predicted octanol–water partition coefficient (Wildman–Crippen LogP) is 2.66. The molecule has 25 heavy (non-hydrogen) atoms. The van der Waals surface area contributed by atoms with Crippen LogP contribution in [0.2, 0.25) is 0 Å². The summed E-state index contributed by atoms with van der Waals surface area (Å²) >= 11 is 0. The van der Waals surface area contributed by atoms with Crippen molar-refractivity contribution >= 4 is 11.9 Å². The lowest BCUT2D eigenvalue weighted by atomic mass is 10.1. The standard InChI is InChI=1S/C17H23F3N2O3/c1-21(2)10-4-11-22(12-9-15(23)25-3)16(24)13-5-7-14(8-6-13)17(18,19)20/h5-8H,4,9-12H2,1-3H3. The highest BCUT2D eigenvalue weighted by molar-refractivity contribution is 5.94. The maximum Gasteiger partial charge on any atom is 0.416 e. The van der Waals surface area contributed by atoms with Crippen LogP contribution in [0.3, 0.4) is 0 Å². The molecule has 1 rings (SSSR count). The third-order valence-electron chi connectivity index (χ3n) is 3.59. The minimum Gasteiger partial charge on any atom is -0.469 e. The van der Waals surface area contributed by atoms with E-state index in [1.54, 1.807) is 0 Å². The smallest absolute Gasteiger partial charge is 0.416 e. The molecule has 1 aromatic carbocycles. The molecule has 0 atom stereocenters. The molecule has 0 fully saturated rings. The Morgan fingerprint density at radius 3 is 2.12 bits per heavy atom. The lowest BCUT2D eigenvalue weighted by molar-refractivity contribution is -0.141. The predicted molar refractivity (Wildman–Crippen MR) is 87.2 cm³/mol. The molecule has 0 aliphatic heterocycles. The second-order valence-electron chi connectivity index (χ2n) is 5.85. The number of methoxy groups -OCH3 is 1. The van der Waals surface area contributed by atoms with Gasteiger partial charge < -0.3 is 14.5 Å². The average Bonchev–Trinajstić information content (AvgIpc) is 2.56. The molecule has 0 spiro atoms. The van der Waals surface area contributed by atoms with Crippen LogP contribution in [0.1, 0.15) is 28.8 Å². The number of hydrogen-bond acceptors (Lipinski definition) is 4. The van der Waals surface area contributed by atoms with Crippen molar-refractivity contribution in [3.63, 3.8) is 0 Å². The lowest BCUT2D eigenvalue weighted by Crippen LogP contribution is -2.35. The highest BCUT2D eigenvalue weighted by Gasteiger charge is 2.30. The molecule has 0 saturated carbocycles. The molecular weight excluding hydrogens is 337 g/mol. The normalized spacial score (nSPS) is 11.5. The topological polar surface area (TPSA) is 49.9 Å². The number of carbonyl (C=O) groups excluding carboxylic acids is 2. The third kappa shape index (κ3) is 7.13. The van der Waals surface area contributed by atoms with E-state index in [-0.39, 0.29) is 18.5 Å². The summed E-state index contributed by atoms with van der Waals surface area (Å²) < 4.78 is 42.4. The van der Waals surface area contributed by atoms with Crippen molar-refractivity contribution in [1.82, 2.24) is 9.80 Å². The Morgan fingerprint density at radius 1 is 1.04 bits per heavy atom. The number of carbonyl (C=O) groups is 2. The Bertz CT molecular complexity index is 571. The maximum absolute atomic E-state index is 12.6. The van der Waals surface area contributed by atoms with Crippen LogP contribution in [-0.4, -0.2) is 62.5 Å². The Morgan fingerprint density at radius 2 is 1.64 bits per heavy atom. The van der Waals surface area contributed by atoms with Crippen molar-refractivity contribution in [1.29, 1.82) is 0 Å². The van der Waals surface area contributed by atoms with Gasteiger partial charge in [-0.1, -0.05) is 0 Å². The number of nitrogens with zero attached hydrogens (tertiary/aromatic N) is 2. The number of ether oxygens (including phenoxy) is 1. The minimum atomic E-state index is -4.45. The number of halogens is 3. The van der Waals surface area contributed by atoms with E-state index in [1.807, 2.05) is 19.0 Å². The Hall–Kier alpha value is -2.09. The maximum atomic E-state index is 12.6. The van der Waals surface area contributed by atoms with Crippen LogP contribution in [0.15, 0.2) is 24.3 Å². The number of alkyl halides is 3. The van der Waals surface area contributed by atoms with Gasteiger partial charge in [-0.25, -0.2) is 0 Å². The van der Waals surface area contributed by atoms with Gasteiger partial charge in [0, 0.05) is 18.7 Å². The van der Waals surface area contributed by atoms with Crippen molar-refractivity contribution in [2.24, 2.45) is 0 Å². The summed E-state index contributed by atoms with van der Waals surface area (Å²) in [6, 6.07) is 4.07. The molecule has 0 aliphatic carbocycles. The molecule has 1 aromatic rings. The van der Waals surface area contributed by atoms with Gasteiger partial charge in [0.2, 0.25) is 0 Å². The monoisotopic (exact) mass is 360 g/mol. The van der Waals surface area contributed by atoms with E-state index in [4.69, 9.17) is 0 Å². The summed E-state index contributed by atoms with van der Waals surface area (Å²) in [5.74, 6) is -0.853. The van der Waals surface area contributed by atoms with E-state index in [0.717, 1.165) is 30.8 Å². The highest BCUT2D eigenvalue weighted by atomic mass is 19.4. The highest BCUT2D eigenvalue weighted by Crippen LogP contribution is 2.29. The molecule has 0 bridgehead atoms. The van der Waals surface area contributed by atoms with E-state index in [2.05, 4.69) is 4.74 Å². The second kappa shape index (κ2) is 9.41. The van der Waals surface area contributed by atoms with Crippen LogP contribution in [0.4, 0.5) is 13.2 Å². The summed E-state index contributed by atoms with van der Waals surface area (Å²) in [5.41, 5.74) is -0.652. The quantitative estimate of drug-likeness (QED) is 0.669. The van der Waals surface area contributed by atoms with Gasteiger partial charge in [0.15, 0.2) is 0 Å². The van der Waals surface area contributed by atoms with Crippen molar-refractivity contribution in [2.45, 2.75) is 19.0 Å². The number of amides is 1. The lowest BCUT2D eigenvalue weighted by Gasteiger charge is -2.23. The van der Waals surface area contributed by atoms with Gasteiger partial charge >= 0.3 is 12.1 Å². The Labute approximate surface area is 145 Å². The molecule has 0 unspecified atom stereocenters. The zero-order valence-corrected chi connectivity index (χ0v) is 14.6. The Balaban J connectivity index is 2.83. The van der Waals surface area contributed by atoms with Crippen LogP contribution in [-0.2, 0) is 15.7 Å². The van der Waals surface area contributed by atoms with E-state index in [0.29, 0.717) is 13.0 Å². The van der Waals surface area contributed by atoms with E-state index in [9.17, 15) is 22.8 Å². The van der Waals surface area contributed by atoms with Crippen LogP contribution in [0, 0.1) is 0 Å². The summed E-state index contributed by atoms with van der Waals surface area (Å²) in [5, 5.41) is 0. The SMILES string of the molecule is COC(=O)CCN(CCCN(C)C)C(=O)c1ccc(C(F)(F)F)cc1. The molecule has 1 amide bonds. The van der Waals surface area contributed by atoms with E-state index < -0.39 is 23.6 Å².